The Morgan fingerprint density at radius 2 is 1.45 bits per heavy atom. The van der Waals surface area contributed by atoms with Crippen molar-refractivity contribution in [3.8, 4) is 0 Å². The topological polar surface area (TPSA) is 98.2 Å². The molecule has 0 bridgehead atoms. The first-order valence-electron chi connectivity index (χ1n) is 5.40. The van der Waals surface area contributed by atoms with Gasteiger partial charge >= 0.3 is 0 Å². The predicted octanol–water partition coefficient (Wildman–Crippen LogP) is 1.94. The lowest BCUT2D eigenvalue weighted by atomic mass is 10.2. The number of nitrogens with one attached hydrogen (secondary N) is 1. The van der Waals surface area contributed by atoms with Crippen LogP contribution in [0.1, 0.15) is 0 Å². The van der Waals surface area contributed by atoms with Crippen LogP contribution in [0.15, 0.2) is 41.3 Å². The second kappa shape index (κ2) is 5.06. The van der Waals surface area contributed by atoms with Gasteiger partial charge in [-0.05, 0) is 30.3 Å². The fourth-order valence-corrected chi connectivity index (χ4v) is 2.24. The predicted molar refractivity (Wildman–Crippen MR) is 71.9 cm³/mol. The highest BCUT2D eigenvalue weighted by atomic mass is 32.2. The summed E-state index contributed by atoms with van der Waals surface area (Å²) in [5.74, 6) is -1.52. The zero-order valence-corrected chi connectivity index (χ0v) is 10.9. The Balaban J connectivity index is 2.41. The van der Waals surface area contributed by atoms with Crippen molar-refractivity contribution in [1.82, 2.24) is 0 Å². The average Bonchev–Trinajstić information content (AvgIpc) is 2.25. The first kappa shape index (κ1) is 14.2. The van der Waals surface area contributed by atoms with E-state index in [4.69, 9.17) is 10.9 Å². The minimum absolute atomic E-state index is 0.119. The van der Waals surface area contributed by atoms with E-state index in [-0.39, 0.29) is 22.0 Å². The number of hydrogen-bond donors (Lipinski definition) is 3. The molecule has 0 fully saturated rings. The SMILES string of the molecule is Nc1cc(Nc2cc(F)cc(F)c2)cc(S(N)(=O)=O)c1. The van der Waals surface area contributed by atoms with Gasteiger partial charge in [-0.25, -0.2) is 22.3 Å². The third kappa shape index (κ3) is 3.43. The van der Waals surface area contributed by atoms with E-state index in [1.807, 2.05) is 0 Å². The van der Waals surface area contributed by atoms with Gasteiger partial charge in [0.05, 0.1) is 4.90 Å². The molecule has 0 aliphatic rings. The molecule has 5 nitrogen and oxygen atoms in total. The van der Waals surface area contributed by atoms with E-state index in [1.165, 1.54) is 18.2 Å². The van der Waals surface area contributed by atoms with Crippen molar-refractivity contribution in [2.24, 2.45) is 5.14 Å². The molecule has 0 saturated carbocycles. The number of nitrogens with two attached hydrogens (primary N) is 2. The summed E-state index contributed by atoms with van der Waals surface area (Å²) in [5, 5.41) is 7.66. The first-order valence-corrected chi connectivity index (χ1v) is 6.95. The third-order valence-electron chi connectivity index (χ3n) is 2.41. The van der Waals surface area contributed by atoms with E-state index in [0.29, 0.717) is 0 Å². The number of rotatable bonds is 3. The average molecular weight is 299 g/mol. The van der Waals surface area contributed by atoms with Crippen molar-refractivity contribution in [3.63, 3.8) is 0 Å². The minimum Gasteiger partial charge on any atom is -0.399 e. The van der Waals surface area contributed by atoms with Crippen LogP contribution in [0.3, 0.4) is 0 Å². The van der Waals surface area contributed by atoms with Gasteiger partial charge in [0.1, 0.15) is 11.6 Å². The second-order valence-electron chi connectivity index (χ2n) is 4.12. The first-order chi connectivity index (χ1) is 9.24. The number of hydrogen-bond acceptors (Lipinski definition) is 4. The number of halogens is 2. The summed E-state index contributed by atoms with van der Waals surface area (Å²) < 4.78 is 48.7. The zero-order chi connectivity index (χ0) is 14.9. The lowest BCUT2D eigenvalue weighted by Gasteiger charge is -2.09. The lowest BCUT2D eigenvalue weighted by Crippen LogP contribution is -2.12. The van der Waals surface area contributed by atoms with Gasteiger partial charge in [0, 0.05) is 23.1 Å². The molecule has 2 aromatic rings. The van der Waals surface area contributed by atoms with Gasteiger partial charge in [0.15, 0.2) is 0 Å². The summed E-state index contributed by atoms with van der Waals surface area (Å²) in [4.78, 5) is -0.197. The summed E-state index contributed by atoms with van der Waals surface area (Å²) in [6.07, 6.45) is 0. The molecule has 0 spiro atoms. The molecule has 0 atom stereocenters. The molecule has 0 aromatic heterocycles. The number of benzene rings is 2. The summed E-state index contributed by atoms with van der Waals surface area (Å²) >= 11 is 0. The van der Waals surface area contributed by atoms with Gasteiger partial charge in [-0.2, -0.15) is 0 Å². The van der Waals surface area contributed by atoms with Crippen molar-refractivity contribution in [2.75, 3.05) is 11.1 Å². The Morgan fingerprint density at radius 3 is 2.00 bits per heavy atom. The van der Waals surface area contributed by atoms with Crippen molar-refractivity contribution in [3.05, 3.63) is 48.0 Å². The van der Waals surface area contributed by atoms with Crippen molar-refractivity contribution in [2.45, 2.75) is 4.90 Å². The van der Waals surface area contributed by atoms with Gasteiger partial charge in [0.2, 0.25) is 10.0 Å². The maximum Gasteiger partial charge on any atom is 0.238 e. The molecule has 106 valence electrons. The van der Waals surface area contributed by atoms with Crippen LogP contribution in [0.25, 0.3) is 0 Å². The molecule has 8 heteroatoms. The Kier molecular flexibility index (Phi) is 3.60. The number of primary sulfonamides is 1. The number of sulfonamides is 1. The molecular formula is C12H11F2N3O2S. The molecule has 0 heterocycles. The fourth-order valence-electron chi connectivity index (χ4n) is 1.65. The number of nitrogen functional groups attached to an aromatic ring is 1. The van der Waals surface area contributed by atoms with Crippen LogP contribution in [-0.4, -0.2) is 8.42 Å². The van der Waals surface area contributed by atoms with E-state index >= 15 is 0 Å². The van der Waals surface area contributed by atoms with E-state index in [0.717, 1.165) is 18.2 Å². The molecule has 2 aromatic carbocycles. The van der Waals surface area contributed by atoms with Crippen molar-refractivity contribution in [1.29, 1.82) is 0 Å². The summed E-state index contributed by atoms with van der Waals surface area (Å²) in [5.41, 5.74) is 6.08. The van der Waals surface area contributed by atoms with Gasteiger partial charge < -0.3 is 11.1 Å². The minimum atomic E-state index is -3.92. The summed E-state index contributed by atoms with van der Waals surface area (Å²) in [6.45, 7) is 0. The van der Waals surface area contributed by atoms with E-state index < -0.39 is 21.7 Å². The van der Waals surface area contributed by atoms with Crippen LogP contribution in [0.5, 0.6) is 0 Å². The highest BCUT2D eigenvalue weighted by Crippen LogP contribution is 2.24. The second-order valence-corrected chi connectivity index (χ2v) is 5.68. The van der Waals surface area contributed by atoms with Crippen molar-refractivity contribution >= 4 is 27.1 Å². The molecule has 2 rings (SSSR count). The number of anilines is 3. The van der Waals surface area contributed by atoms with Gasteiger partial charge in [-0.15, -0.1) is 0 Å². The zero-order valence-electron chi connectivity index (χ0n) is 10.1. The maximum absolute atomic E-state index is 13.1. The van der Waals surface area contributed by atoms with Crippen LogP contribution in [-0.2, 0) is 10.0 Å². The molecular weight excluding hydrogens is 288 g/mol. The quantitative estimate of drug-likeness (QED) is 0.754. The standard InChI is InChI=1S/C12H11F2N3O2S/c13-7-1-8(14)3-10(2-7)17-11-4-9(15)5-12(6-11)20(16,18)19/h1-6,17H,15H2,(H2,16,18,19). The van der Waals surface area contributed by atoms with Crippen LogP contribution in [0.4, 0.5) is 25.8 Å². The largest absolute Gasteiger partial charge is 0.399 e. The molecule has 0 radical (unpaired) electrons. The summed E-state index contributed by atoms with van der Waals surface area (Å²) in [7, 11) is -3.92. The molecule has 0 saturated heterocycles. The molecule has 0 aliphatic heterocycles. The lowest BCUT2D eigenvalue weighted by molar-refractivity contribution is 0.584. The van der Waals surface area contributed by atoms with E-state index in [1.54, 1.807) is 0 Å². The smallest absolute Gasteiger partial charge is 0.238 e. The monoisotopic (exact) mass is 299 g/mol. The van der Waals surface area contributed by atoms with Crippen LogP contribution in [0, 0.1) is 11.6 Å². The van der Waals surface area contributed by atoms with Gasteiger partial charge in [-0.1, -0.05) is 0 Å². The van der Waals surface area contributed by atoms with Crippen LogP contribution in [0.2, 0.25) is 0 Å². The van der Waals surface area contributed by atoms with E-state index in [9.17, 15) is 17.2 Å². The normalized spacial score (nSPS) is 11.3. The molecule has 0 aliphatic carbocycles. The molecule has 5 N–H and O–H groups in total. The molecule has 0 unspecified atom stereocenters. The Bertz CT molecular complexity index is 743. The Morgan fingerprint density at radius 1 is 0.900 bits per heavy atom. The fraction of sp³-hybridized carbons (Fsp3) is 0. The molecule has 0 amide bonds. The molecule has 20 heavy (non-hydrogen) atoms. The van der Waals surface area contributed by atoms with Crippen molar-refractivity contribution < 1.29 is 17.2 Å². The highest BCUT2D eigenvalue weighted by Gasteiger charge is 2.10. The van der Waals surface area contributed by atoms with Gasteiger partial charge in [0.25, 0.3) is 0 Å². The van der Waals surface area contributed by atoms with E-state index in [2.05, 4.69) is 5.32 Å². The Hall–Kier alpha value is -2.19. The van der Waals surface area contributed by atoms with Crippen LogP contribution < -0.4 is 16.2 Å². The van der Waals surface area contributed by atoms with Gasteiger partial charge in [-0.3, -0.25) is 0 Å². The summed E-state index contributed by atoms with van der Waals surface area (Å²) in [6, 6.07) is 6.66. The van der Waals surface area contributed by atoms with Crippen LogP contribution >= 0.6 is 0 Å². The Labute approximate surface area is 114 Å². The highest BCUT2D eigenvalue weighted by molar-refractivity contribution is 7.89. The third-order valence-corrected chi connectivity index (χ3v) is 3.30. The maximum atomic E-state index is 13.1.